The molecule has 2 N–H and O–H groups in total. The first-order chi connectivity index (χ1) is 6.65. The Bertz CT molecular complexity index is 314. The Hall–Kier alpha value is -0.390. The summed E-state index contributed by atoms with van der Waals surface area (Å²) in [6.07, 6.45) is 0.927. The van der Waals surface area contributed by atoms with Gasteiger partial charge in [0.2, 0.25) is 0 Å². The van der Waals surface area contributed by atoms with Crippen LogP contribution in [0, 0.1) is 0 Å². The van der Waals surface area contributed by atoms with Crippen LogP contribution in [0.5, 0.6) is 0 Å². The van der Waals surface area contributed by atoms with Crippen LogP contribution in [-0.2, 0) is 4.79 Å². The minimum Gasteiger partial charge on any atom is -0.480 e. The van der Waals surface area contributed by atoms with Crippen LogP contribution in [-0.4, -0.2) is 17.6 Å². The molecule has 0 aliphatic rings. The molecule has 0 saturated carbocycles. The number of carboxylic acids is 1. The maximum Gasteiger partial charge on any atom is 0.326 e. The summed E-state index contributed by atoms with van der Waals surface area (Å²) in [5.41, 5.74) is 0. The molecule has 0 aliphatic heterocycles. The Balaban J connectivity index is 2.72. The van der Waals surface area contributed by atoms with Crippen molar-refractivity contribution in [2.24, 2.45) is 0 Å². The number of thiophene rings is 1. The molecule has 0 fully saturated rings. The van der Waals surface area contributed by atoms with Crippen molar-refractivity contribution in [1.82, 2.24) is 5.32 Å². The van der Waals surface area contributed by atoms with Gasteiger partial charge >= 0.3 is 5.97 Å². The van der Waals surface area contributed by atoms with E-state index in [4.69, 9.17) is 5.11 Å². The molecule has 5 heteroatoms. The topological polar surface area (TPSA) is 49.3 Å². The minimum atomic E-state index is -0.826. The fraction of sp³-hybridized carbons (Fsp3) is 0.444. The Morgan fingerprint density at radius 2 is 2.50 bits per heavy atom. The first-order valence-corrected chi connectivity index (χ1v) is 6.02. The molecule has 1 unspecified atom stereocenters. The van der Waals surface area contributed by atoms with Gasteiger partial charge in [-0.25, -0.2) is 0 Å². The molecule has 0 amide bonds. The number of hydrogen-bond acceptors (Lipinski definition) is 3. The third kappa shape index (κ3) is 3.08. The van der Waals surface area contributed by atoms with Gasteiger partial charge in [-0.2, -0.15) is 0 Å². The molecule has 1 aromatic rings. The van der Waals surface area contributed by atoms with Gasteiger partial charge < -0.3 is 10.4 Å². The summed E-state index contributed by atoms with van der Waals surface area (Å²) in [4.78, 5) is 11.8. The van der Waals surface area contributed by atoms with Gasteiger partial charge in [-0.05, 0) is 35.0 Å². The van der Waals surface area contributed by atoms with Gasteiger partial charge in [-0.3, -0.25) is 4.79 Å². The predicted molar refractivity (Wildman–Crippen MR) is 60.7 cm³/mol. The lowest BCUT2D eigenvalue weighted by atomic mass is 10.2. The fourth-order valence-electron chi connectivity index (χ4n) is 1.08. The molecule has 0 spiro atoms. The number of aliphatic carboxylic acids is 1. The molecule has 0 bridgehead atoms. The molecule has 1 aromatic heterocycles. The maximum absolute atomic E-state index is 10.9. The molecular weight excluding hydrogens is 266 g/mol. The lowest BCUT2D eigenvalue weighted by molar-refractivity contribution is -0.139. The number of halogens is 1. The lowest BCUT2D eigenvalue weighted by Crippen LogP contribution is -2.28. The summed E-state index contributed by atoms with van der Waals surface area (Å²) in [7, 11) is 0. The molecule has 1 rings (SSSR count). The molecule has 0 saturated heterocycles. The second-order valence-corrected chi connectivity index (χ2v) is 4.75. The van der Waals surface area contributed by atoms with Crippen molar-refractivity contribution >= 4 is 33.2 Å². The highest BCUT2D eigenvalue weighted by molar-refractivity contribution is 9.10. The van der Waals surface area contributed by atoms with Gasteiger partial charge in [0.05, 0.1) is 0 Å². The van der Waals surface area contributed by atoms with Gasteiger partial charge in [-0.1, -0.05) is 6.92 Å². The van der Waals surface area contributed by atoms with Crippen LogP contribution in [0.1, 0.15) is 24.3 Å². The summed E-state index contributed by atoms with van der Waals surface area (Å²) < 4.78 is 0.932. The smallest absolute Gasteiger partial charge is 0.326 e. The number of carboxylic acid groups (broad SMARTS) is 1. The standard InChI is InChI=1S/C9H12BrNO2S/c1-2-3-11-8(9(12)13)7-4-6(10)5-14-7/h4-5,8,11H,2-3H2,1H3,(H,12,13). The second-order valence-electron chi connectivity index (χ2n) is 2.89. The zero-order valence-corrected chi connectivity index (χ0v) is 10.2. The summed E-state index contributed by atoms with van der Waals surface area (Å²) in [6.45, 7) is 2.72. The molecule has 78 valence electrons. The van der Waals surface area contributed by atoms with Crippen LogP contribution in [0.25, 0.3) is 0 Å². The van der Waals surface area contributed by atoms with E-state index >= 15 is 0 Å². The van der Waals surface area contributed by atoms with Crippen molar-refractivity contribution in [3.05, 3.63) is 20.8 Å². The molecule has 14 heavy (non-hydrogen) atoms. The Labute approximate surface area is 95.3 Å². The molecule has 3 nitrogen and oxygen atoms in total. The highest BCUT2D eigenvalue weighted by Gasteiger charge is 2.20. The van der Waals surface area contributed by atoms with E-state index in [0.29, 0.717) is 6.54 Å². The first-order valence-electron chi connectivity index (χ1n) is 4.35. The van der Waals surface area contributed by atoms with E-state index in [-0.39, 0.29) is 0 Å². The number of carbonyl (C=O) groups is 1. The predicted octanol–water partition coefficient (Wildman–Crippen LogP) is 2.64. The largest absolute Gasteiger partial charge is 0.480 e. The number of rotatable bonds is 5. The van der Waals surface area contributed by atoms with Crippen molar-refractivity contribution in [2.75, 3.05) is 6.54 Å². The highest BCUT2D eigenvalue weighted by atomic mass is 79.9. The van der Waals surface area contributed by atoms with E-state index in [9.17, 15) is 4.79 Å². The average Bonchev–Trinajstić information content (AvgIpc) is 2.52. The van der Waals surface area contributed by atoms with Gasteiger partial charge in [-0.15, -0.1) is 11.3 Å². The van der Waals surface area contributed by atoms with E-state index in [1.165, 1.54) is 11.3 Å². The van der Waals surface area contributed by atoms with Crippen LogP contribution < -0.4 is 5.32 Å². The lowest BCUT2D eigenvalue weighted by Gasteiger charge is -2.11. The Morgan fingerprint density at radius 1 is 1.79 bits per heavy atom. The molecule has 0 aliphatic carbocycles. The maximum atomic E-state index is 10.9. The van der Waals surface area contributed by atoms with E-state index in [1.807, 2.05) is 18.4 Å². The monoisotopic (exact) mass is 277 g/mol. The normalized spacial score (nSPS) is 12.7. The summed E-state index contributed by atoms with van der Waals surface area (Å²) in [5.74, 6) is -0.826. The third-order valence-electron chi connectivity index (χ3n) is 1.72. The van der Waals surface area contributed by atoms with Gasteiger partial charge in [0.25, 0.3) is 0 Å². The Morgan fingerprint density at radius 3 is 2.93 bits per heavy atom. The van der Waals surface area contributed by atoms with E-state index in [1.54, 1.807) is 0 Å². The van der Waals surface area contributed by atoms with E-state index in [2.05, 4.69) is 21.2 Å². The summed E-state index contributed by atoms with van der Waals surface area (Å²) in [5, 5.41) is 13.9. The zero-order chi connectivity index (χ0) is 10.6. The molecule has 1 heterocycles. The summed E-state index contributed by atoms with van der Waals surface area (Å²) >= 11 is 4.75. The van der Waals surface area contributed by atoms with Crippen molar-refractivity contribution in [3.63, 3.8) is 0 Å². The fourth-order valence-corrected chi connectivity index (χ4v) is 2.59. The minimum absolute atomic E-state index is 0.578. The van der Waals surface area contributed by atoms with Crippen molar-refractivity contribution in [2.45, 2.75) is 19.4 Å². The quantitative estimate of drug-likeness (QED) is 0.870. The van der Waals surface area contributed by atoms with Crippen LogP contribution in [0.4, 0.5) is 0 Å². The zero-order valence-electron chi connectivity index (χ0n) is 7.79. The van der Waals surface area contributed by atoms with Crippen LogP contribution in [0.15, 0.2) is 15.9 Å². The highest BCUT2D eigenvalue weighted by Crippen LogP contribution is 2.25. The van der Waals surface area contributed by atoms with Crippen molar-refractivity contribution < 1.29 is 9.90 Å². The van der Waals surface area contributed by atoms with Crippen LogP contribution in [0.2, 0.25) is 0 Å². The first kappa shape index (κ1) is 11.7. The van der Waals surface area contributed by atoms with Crippen LogP contribution in [0.3, 0.4) is 0 Å². The molecule has 1 atom stereocenters. The molecule has 0 radical (unpaired) electrons. The number of hydrogen-bond donors (Lipinski definition) is 2. The third-order valence-corrected chi connectivity index (χ3v) is 3.48. The number of nitrogens with one attached hydrogen (secondary N) is 1. The van der Waals surface area contributed by atoms with E-state index in [0.717, 1.165) is 15.8 Å². The average molecular weight is 278 g/mol. The SMILES string of the molecule is CCCNC(C(=O)O)c1cc(Br)cs1. The Kier molecular flexibility index (Phi) is 4.57. The van der Waals surface area contributed by atoms with Gasteiger partial charge in [0.15, 0.2) is 0 Å². The molecule has 0 aromatic carbocycles. The van der Waals surface area contributed by atoms with Gasteiger partial charge in [0.1, 0.15) is 6.04 Å². The van der Waals surface area contributed by atoms with Gasteiger partial charge in [0, 0.05) is 14.7 Å². The second kappa shape index (κ2) is 5.48. The van der Waals surface area contributed by atoms with E-state index < -0.39 is 12.0 Å². The van der Waals surface area contributed by atoms with Crippen LogP contribution >= 0.6 is 27.3 Å². The van der Waals surface area contributed by atoms with Crippen molar-refractivity contribution in [1.29, 1.82) is 0 Å². The summed E-state index contributed by atoms with van der Waals surface area (Å²) in [6, 6.07) is 1.26. The molecular formula is C9H12BrNO2S. The van der Waals surface area contributed by atoms with Crippen molar-refractivity contribution in [3.8, 4) is 0 Å².